The highest BCUT2D eigenvalue weighted by Gasteiger charge is 2.50. The molecule has 0 spiro atoms. The Morgan fingerprint density at radius 2 is 1.27 bits per heavy atom. The van der Waals surface area contributed by atoms with Crippen LogP contribution in [0.4, 0.5) is 5.69 Å². The molecular weight excluding hydrogens is 400 g/mol. The molecule has 0 N–H and O–H groups in total. The Bertz CT molecular complexity index is 1060. The Morgan fingerprint density at radius 3 is 1.94 bits per heavy atom. The second kappa shape index (κ2) is 9.35. The Morgan fingerprint density at radius 1 is 0.667 bits per heavy atom. The number of hydrogen-bond acceptors (Lipinski definition) is 2. The van der Waals surface area contributed by atoms with Crippen LogP contribution in [0.25, 0.3) is 0 Å². The molecule has 0 amide bonds. The van der Waals surface area contributed by atoms with Crippen molar-refractivity contribution in [2.75, 3.05) is 4.90 Å². The van der Waals surface area contributed by atoms with E-state index < -0.39 is 0 Å². The molecule has 1 heterocycles. The third-order valence-corrected chi connectivity index (χ3v) is 8.09. The molecule has 172 valence electrons. The largest absolute Gasteiger partial charge is 0.347 e. The van der Waals surface area contributed by atoms with Gasteiger partial charge in [-0.2, -0.15) is 0 Å². The van der Waals surface area contributed by atoms with Crippen LogP contribution in [0.2, 0.25) is 0 Å². The average Bonchev–Trinajstić information content (AvgIpc) is 3.13. The maximum atomic E-state index is 2.92. The molecule has 1 aliphatic carbocycles. The number of hydrogen-bond donors (Lipinski definition) is 0. The summed E-state index contributed by atoms with van der Waals surface area (Å²) in [6.45, 7) is 9.33. The van der Waals surface area contributed by atoms with Gasteiger partial charge in [0.2, 0.25) is 0 Å². The summed E-state index contributed by atoms with van der Waals surface area (Å²) in [7, 11) is 0. The minimum atomic E-state index is 0.246. The predicted molar refractivity (Wildman–Crippen MR) is 140 cm³/mol. The Hall–Kier alpha value is -2.58. The molecule has 1 aliphatic heterocycles. The molecule has 3 aromatic rings. The standard InChI is InChI=1S/C31H38N2/c1-22-14-11-12-21-28(22)32-25(4)30(26-17-7-5-8-18-26)33(27-19-9-6-10-20-27)31(32)29-23(2)15-13-16-24(29)3/h5,7-8,11-18,21,25,27,30-31H,6,9-10,19-20H2,1-4H3/t25-,30?,31?/m0/s1. The molecule has 2 aliphatic rings. The van der Waals surface area contributed by atoms with E-state index in [1.807, 2.05) is 0 Å². The van der Waals surface area contributed by atoms with Crippen LogP contribution in [0.3, 0.4) is 0 Å². The van der Waals surface area contributed by atoms with Crippen molar-refractivity contribution in [2.24, 2.45) is 0 Å². The van der Waals surface area contributed by atoms with Crippen molar-refractivity contribution in [3.63, 3.8) is 0 Å². The van der Waals surface area contributed by atoms with Crippen LogP contribution in [0, 0.1) is 20.8 Å². The highest BCUT2D eigenvalue weighted by molar-refractivity contribution is 5.59. The van der Waals surface area contributed by atoms with Crippen LogP contribution >= 0.6 is 0 Å². The second-order valence-corrected chi connectivity index (χ2v) is 10.2. The van der Waals surface area contributed by atoms with Gasteiger partial charge in [-0.15, -0.1) is 0 Å². The number of anilines is 1. The zero-order chi connectivity index (χ0) is 22.9. The number of rotatable bonds is 4. The van der Waals surface area contributed by atoms with E-state index in [0.29, 0.717) is 18.1 Å². The van der Waals surface area contributed by atoms with Gasteiger partial charge in [-0.25, -0.2) is 0 Å². The van der Waals surface area contributed by atoms with Gasteiger partial charge in [0.25, 0.3) is 0 Å². The summed E-state index contributed by atoms with van der Waals surface area (Å²) in [5.74, 6) is 0. The normalized spacial score (nSPS) is 24.4. The molecule has 0 bridgehead atoms. The van der Waals surface area contributed by atoms with Crippen molar-refractivity contribution in [1.82, 2.24) is 4.90 Å². The number of aryl methyl sites for hydroxylation is 3. The van der Waals surface area contributed by atoms with Crippen molar-refractivity contribution >= 4 is 5.69 Å². The zero-order valence-corrected chi connectivity index (χ0v) is 20.7. The lowest BCUT2D eigenvalue weighted by atomic mass is 9.90. The van der Waals surface area contributed by atoms with E-state index in [2.05, 4.69) is 110 Å². The van der Waals surface area contributed by atoms with E-state index in [-0.39, 0.29) is 6.17 Å². The lowest BCUT2D eigenvalue weighted by Crippen LogP contribution is -2.41. The van der Waals surface area contributed by atoms with Crippen molar-refractivity contribution in [3.05, 3.63) is 101 Å². The highest BCUT2D eigenvalue weighted by Crippen LogP contribution is 2.52. The molecule has 0 radical (unpaired) electrons. The molecule has 33 heavy (non-hydrogen) atoms. The Labute approximate surface area is 200 Å². The van der Waals surface area contributed by atoms with E-state index in [1.54, 1.807) is 0 Å². The summed E-state index contributed by atoms with van der Waals surface area (Å²) >= 11 is 0. The highest BCUT2D eigenvalue weighted by atomic mass is 15.5. The summed E-state index contributed by atoms with van der Waals surface area (Å²) in [6, 6.07) is 28.4. The fraction of sp³-hybridized carbons (Fsp3) is 0.419. The quantitative estimate of drug-likeness (QED) is 0.408. The Balaban J connectivity index is 1.74. The van der Waals surface area contributed by atoms with Crippen molar-refractivity contribution in [2.45, 2.75) is 84.1 Å². The minimum Gasteiger partial charge on any atom is -0.347 e. The van der Waals surface area contributed by atoms with Crippen molar-refractivity contribution in [1.29, 1.82) is 0 Å². The van der Waals surface area contributed by atoms with Gasteiger partial charge in [0.1, 0.15) is 6.17 Å². The number of para-hydroxylation sites is 1. The first-order chi connectivity index (χ1) is 16.1. The van der Waals surface area contributed by atoms with Crippen LogP contribution in [-0.2, 0) is 0 Å². The smallest absolute Gasteiger partial charge is 0.110 e. The SMILES string of the molecule is Cc1ccccc1N1C(c2c(C)cccc2C)N(C2CCCCC2)C(c2ccccc2)[C@@H]1C. The summed E-state index contributed by atoms with van der Waals surface area (Å²) in [4.78, 5) is 5.66. The van der Waals surface area contributed by atoms with Crippen LogP contribution in [-0.4, -0.2) is 17.0 Å². The molecule has 2 nitrogen and oxygen atoms in total. The lowest BCUT2D eigenvalue weighted by Gasteiger charge is -2.41. The molecule has 0 aromatic heterocycles. The molecule has 1 saturated heterocycles. The zero-order valence-electron chi connectivity index (χ0n) is 20.7. The van der Waals surface area contributed by atoms with Crippen molar-refractivity contribution in [3.8, 4) is 0 Å². The third kappa shape index (κ3) is 3.99. The van der Waals surface area contributed by atoms with Gasteiger partial charge in [0.15, 0.2) is 0 Å². The molecule has 3 atom stereocenters. The van der Waals surface area contributed by atoms with Crippen molar-refractivity contribution < 1.29 is 0 Å². The van der Waals surface area contributed by atoms with Crippen LogP contribution in [0.5, 0.6) is 0 Å². The molecule has 3 aromatic carbocycles. The first-order valence-electron chi connectivity index (χ1n) is 12.8. The number of nitrogens with zero attached hydrogens (tertiary/aromatic N) is 2. The van der Waals surface area contributed by atoms with E-state index in [4.69, 9.17) is 0 Å². The maximum absolute atomic E-state index is 2.92. The summed E-state index contributed by atoms with van der Waals surface area (Å²) in [5, 5.41) is 0. The lowest BCUT2D eigenvalue weighted by molar-refractivity contribution is 0.0956. The van der Waals surface area contributed by atoms with Crippen LogP contribution < -0.4 is 4.90 Å². The van der Waals surface area contributed by atoms with Gasteiger partial charge < -0.3 is 4.90 Å². The molecule has 2 fully saturated rings. The average molecular weight is 439 g/mol. The third-order valence-electron chi connectivity index (χ3n) is 8.09. The van der Waals surface area contributed by atoms with Gasteiger partial charge in [-0.1, -0.05) is 86.0 Å². The molecule has 1 saturated carbocycles. The molecule has 2 heteroatoms. The van der Waals surface area contributed by atoms with Gasteiger partial charge in [0.05, 0.1) is 6.04 Å². The Kier molecular flexibility index (Phi) is 6.29. The first kappa shape index (κ1) is 22.2. The van der Waals surface area contributed by atoms with E-state index in [9.17, 15) is 0 Å². The first-order valence-corrected chi connectivity index (χ1v) is 12.8. The van der Waals surface area contributed by atoms with Crippen LogP contribution in [0.15, 0.2) is 72.8 Å². The summed E-state index contributed by atoms with van der Waals surface area (Å²) < 4.78 is 0. The van der Waals surface area contributed by atoms with E-state index in [1.165, 1.54) is 65.6 Å². The van der Waals surface area contributed by atoms with E-state index in [0.717, 1.165) is 0 Å². The number of benzene rings is 3. The van der Waals surface area contributed by atoms with Crippen LogP contribution in [0.1, 0.15) is 79.1 Å². The predicted octanol–water partition coefficient (Wildman–Crippen LogP) is 7.90. The summed E-state index contributed by atoms with van der Waals surface area (Å²) in [6.07, 6.45) is 6.93. The topological polar surface area (TPSA) is 6.48 Å². The van der Waals surface area contributed by atoms with E-state index >= 15 is 0 Å². The minimum absolute atomic E-state index is 0.246. The second-order valence-electron chi connectivity index (χ2n) is 10.2. The fourth-order valence-electron chi connectivity index (χ4n) is 6.55. The molecule has 5 rings (SSSR count). The maximum Gasteiger partial charge on any atom is 0.110 e. The van der Waals surface area contributed by atoms with Gasteiger partial charge in [0, 0.05) is 17.8 Å². The molecule has 2 unspecified atom stereocenters. The monoisotopic (exact) mass is 438 g/mol. The van der Waals surface area contributed by atoms with Gasteiger partial charge in [-0.05, 0) is 74.4 Å². The molecular formula is C31H38N2. The van der Waals surface area contributed by atoms with Gasteiger partial charge in [-0.3, -0.25) is 4.90 Å². The fourth-order valence-corrected chi connectivity index (χ4v) is 6.55. The van der Waals surface area contributed by atoms with Gasteiger partial charge >= 0.3 is 0 Å². The summed E-state index contributed by atoms with van der Waals surface area (Å²) in [5.41, 5.74) is 8.48.